The molecule has 2 unspecified atom stereocenters. The molecule has 1 aliphatic rings. The second-order valence-electron chi connectivity index (χ2n) is 4.47. The molecule has 0 spiro atoms. The molecule has 0 saturated carbocycles. The Balaban J connectivity index is 2.06. The fourth-order valence-corrected chi connectivity index (χ4v) is 2.00. The largest absolute Gasteiger partial charge is 0.383 e. The number of nitrogen functional groups attached to an aromatic ring is 1. The van der Waals surface area contributed by atoms with Crippen LogP contribution in [0.25, 0.3) is 0 Å². The number of hydrogen-bond donors (Lipinski definition) is 1. The number of anilines is 1. The maximum Gasteiger partial charge on any atom is 0.127 e. The highest BCUT2D eigenvalue weighted by Crippen LogP contribution is 2.17. The molecule has 0 aromatic carbocycles. The molecule has 1 aromatic rings. The number of ether oxygens (including phenoxy) is 1. The number of morpholine rings is 1. The summed E-state index contributed by atoms with van der Waals surface area (Å²) in [5.41, 5.74) is 6.95. The standard InChI is InChI=1S/C12H19N3O/c1-9-8-16-10(2)6-15(9)7-11-4-3-5-14-12(11)13/h3-5,9-10H,6-8H2,1-2H3,(H2,13,14). The molecule has 0 bridgehead atoms. The van der Waals surface area contributed by atoms with Crippen LogP contribution in [0.4, 0.5) is 5.82 Å². The fourth-order valence-electron chi connectivity index (χ4n) is 2.00. The number of aromatic nitrogens is 1. The van der Waals surface area contributed by atoms with E-state index in [2.05, 4.69) is 23.7 Å². The monoisotopic (exact) mass is 221 g/mol. The van der Waals surface area contributed by atoms with Gasteiger partial charge in [0.15, 0.2) is 0 Å². The normalized spacial score (nSPS) is 26.9. The third-order valence-corrected chi connectivity index (χ3v) is 3.04. The second-order valence-corrected chi connectivity index (χ2v) is 4.47. The zero-order valence-electron chi connectivity index (χ0n) is 9.89. The highest BCUT2D eigenvalue weighted by atomic mass is 16.5. The maximum atomic E-state index is 5.85. The van der Waals surface area contributed by atoms with Gasteiger partial charge in [-0.15, -0.1) is 0 Å². The van der Waals surface area contributed by atoms with E-state index in [-0.39, 0.29) is 0 Å². The van der Waals surface area contributed by atoms with Gasteiger partial charge in [0, 0.05) is 30.9 Å². The topological polar surface area (TPSA) is 51.4 Å². The molecule has 2 heterocycles. The summed E-state index contributed by atoms with van der Waals surface area (Å²) in [6.07, 6.45) is 2.03. The van der Waals surface area contributed by atoms with E-state index in [4.69, 9.17) is 10.5 Å². The first-order chi connectivity index (χ1) is 7.66. The van der Waals surface area contributed by atoms with Gasteiger partial charge in [-0.3, -0.25) is 4.90 Å². The fraction of sp³-hybridized carbons (Fsp3) is 0.583. The van der Waals surface area contributed by atoms with E-state index in [9.17, 15) is 0 Å². The summed E-state index contributed by atoms with van der Waals surface area (Å²) in [6.45, 7) is 6.88. The number of pyridine rings is 1. The van der Waals surface area contributed by atoms with Gasteiger partial charge in [0.1, 0.15) is 5.82 Å². The highest BCUT2D eigenvalue weighted by Gasteiger charge is 2.23. The van der Waals surface area contributed by atoms with Crippen molar-refractivity contribution in [2.75, 3.05) is 18.9 Å². The highest BCUT2D eigenvalue weighted by molar-refractivity contribution is 5.38. The molecule has 1 fully saturated rings. The van der Waals surface area contributed by atoms with E-state index in [1.54, 1.807) is 6.20 Å². The van der Waals surface area contributed by atoms with Crippen LogP contribution in [0.15, 0.2) is 18.3 Å². The molecule has 0 aliphatic carbocycles. The Bertz CT molecular complexity index is 356. The molecule has 1 aliphatic heterocycles. The zero-order chi connectivity index (χ0) is 11.5. The average Bonchev–Trinajstić information content (AvgIpc) is 2.27. The van der Waals surface area contributed by atoms with Crippen molar-refractivity contribution in [3.05, 3.63) is 23.9 Å². The summed E-state index contributed by atoms with van der Waals surface area (Å²) in [6, 6.07) is 4.41. The van der Waals surface area contributed by atoms with Crippen LogP contribution in [0.3, 0.4) is 0 Å². The first-order valence-corrected chi connectivity index (χ1v) is 5.72. The van der Waals surface area contributed by atoms with Crippen molar-refractivity contribution >= 4 is 5.82 Å². The Morgan fingerprint density at radius 3 is 3.12 bits per heavy atom. The Morgan fingerprint density at radius 2 is 2.38 bits per heavy atom. The van der Waals surface area contributed by atoms with Gasteiger partial charge in [0.2, 0.25) is 0 Å². The van der Waals surface area contributed by atoms with Gasteiger partial charge in [-0.2, -0.15) is 0 Å². The van der Waals surface area contributed by atoms with E-state index < -0.39 is 0 Å². The Labute approximate surface area is 96.4 Å². The molecule has 2 rings (SSSR count). The average molecular weight is 221 g/mol. The van der Waals surface area contributed by atoms with Crippen LogP contribution in [0, 0.1) is 0 Å². The molecule has 4 nitrogen and oxygen atoms in total. The van der Waals surface area contributed by atoms with Crippen LogP contribution in [-0.2, 0) is 11.3 Å². The molecule has 88 valence electrons. The van der Waals surface area contributed by atoms with Crippen molar-refractivity contribution in [2.24, 2.45) is 0 Å². The molecule has 4 heteroatoms. The first kappa shape index (κ1) is 11.4. The van der Waals surface area contributed by atoms with Crippen LogP contribution >= 0.6 is 0 Å². The SMILES string of the molecule is CC1CN(Cc2cccnc2N)C(C)CO1. The predicted octanol–water partition coefficient (Wildman–Crippen LogP) is 1.27. The van der Waals surface area contributed by atoms with E-state index >= 15 is 0 Å². The summed E-state index contributed by atoms with van der Waals surface area (Å²) >= 11 is 0. The van der Waals surface area contributed by atoms with Crippen molar-refractivity contribution in [1.29, 1.82) is 0 Å². The lowest BCUT2D eigenvalue weighted by atomic mass is 10.1. The Kier molecular flexibility index (Phi) is 3.41. The van der Waals surface area contributed by atoms with Crippen molar-refractivity contribution in [2.45, 2.75) is 32.5 Å². The van der Waals surface area contributed by atoms with Crippen LogP contribution in [0.2, 0.25) is 0 Å². The summed E-state index contributed by atoms with van der Waals surface area (Å²) < 4.78 is 5.60. The van der Waals surface area contributed by atoms with Gasteiger partial charge in [-0.25, -0.2) is 4.98 Å². The molecular weight excluding hydrogens is 202 g/mol. The molecule has 2 atom stereocenters. The smallest absolute Gasteiger partial charge is 0.127 e. The van der Waals surface area contributed by atoms with Gasteiger partial charge in [0.05, 0.1) is 12.7 Å². The number of nitrogens with two attached hydrogens (primary N) is 1. The van der Waals surface area contributed by atoms with E-state index in [1.165, 1.54) is 0 Å². The van der Waals surface area contributed by atoms with Crippen molar-refractivity contribution < 1.29 is 4.74 Å². The molecule has 1 saturated heterocycles. The minimum absolute atomic E-state index is 0.300. The third-order valence-electron chi connectivity index (χ3n) is 3.04. The zero-order valence-corrected chi connectivity index (χ0v) is 9.89. The molecule has 1 aromatic heterocycles. The first-order valence-electron chi connectivity index (χ1n) is 5.72. The van der Waals surface area contributed by atoms with Gasteiger partial charge in [-0.05, 0) is 19.9 Å². The molecule has 0 radical (unpaired) electrons. The van der Waals surface area contributed by atoms with Gasteiger partial charge in [-0.1, -0.05) is 6.07 Å². The van der Waals surface area contributed by atoms with Crippen molar-refractivity contribution in [3.8, 4) is 0 Å². The Hall–Kier alpha value is -1.13. The van der Waals surface area contributed by atoms with Gasteiger partial charge >= 0.3 is 0 Å². The molecular formula is C12H19N3O. The lowest BCUT2D eigenvalue weighted by molar-refractivity contribution is -0.0526. The predicted molar refractivity (Wildman–Crippen MR) is 63.9 cm³/mol. The molecule has 0 amide bonds. The second kappa shape index (κ2) is 4.80. The van der Waals surface area contributed by atoms with E-state index in [0.29, 0.717) is 18.0 Å². The van der Waals surface area contributed by atoms with Gasteiger partial charge in [0.25, 0.3) is 0 Å². The van der Waals surface area contributed by atoms with E-state index in [1.807, 2.05) is 12.1 Å². The number of rotatable bonds is 2. The summed E-state index contributed by atoms with van der Waals surface area (Å²) in [5.74, 6) is 0.633. The van der Waals surface area contributed by atoms with Crippen LogP contribution in [0.1, 0.15) is 19.4 Å². The van der Waals surface area contributed by atoms with Crippen molar-refractivity contribution in [1.82, 2.24) is 9.88 Å². The summed E-state index contributed by atoms with van der Waals surface area (Å²) in [7, 11) is 0. The third kappa shape index (κ3) is 2.51. The lowest BCUT2D eigenvalue weighted by Gasteiger charge is -2.36. The maximum absolute atomic E-state index is 5.85. The van der Waals surface area contributed by atoms with Crippen LogP contribution in [-0.4, -0.2) is 35.2 Å². The molecule has 2 N–H and O–H groups in total. The Morgan fingerprint density at radius 1 is 1.56 bits per heavy atom. The number of nitrogens with zero attached hydrogens (tertiary/aromatic N) is 2. The van der Waals surface area contributed by atoms with Crippen LogP contribution in [0.5, 0.6) is 0 Å². The summed E-state index contributed by atoms with van der Waals surface area (Å²) in [4.78, 5) is 6.50. The minimum Gasteiger partial charge on any atom is -0.383 e. The minimum atomic E-state index is 0.300. The van der Waals surface area contributed by atoms with E-state index in [0.717, 1.165) is 25.3 Å². The lowest BCUT2D eigenvalue weighted by Crippen LogP contribution is -2.46. The quantitative estimate of drug-likeness (QED) is 0.817. The number of hydrogen-bond acceptors (Lipinski definition) is 4. The summed E-state index contributed by atoms with van der Waals surface area (Å²) in [5, 5.41) is 0. The van der Waals surface area contributed by atoms with Gasteiger partial charge < -0.3 is 10.5 Å². The van der Waals surface area contributed by atoms with Crippen molar-refractivity contribution in [3.63, 3.8) is 0 Å². The molecule has 16 heavy (non-hydrogen) atoms. The van der Waals surface area contributed by atoms with Crippen LogP contribution < -0.4 is 5.73 Å².